The summed E-state index contributed by atoms with van der Waals surface area (Å²) in [6.07, 6.45) is 2.72. The lowest BCUT2D eigenvalue weighted by molar-refractivity contribution is 0.0696. The number of aromatic nitrogens is 3. The molecule has 0 radical (unpaired) electrons. The van der Waals surface area contributed by atoms with Crippen molar-refractivity contribution in [2.75, 3.05) is 7.11 Å². The fraction of sp³-hybridized carbons (Fsp3) is 0.111. The summed E-state index contributed by atoms with van der Waals surface area (Å²) in [6.45, 7) is 0. The summed E-state index contributed by atoms with van der Waals surface area (Å²) in [5.41, 5.74) is 0.517. The van der Waals surface area contributed by atoms with Crippen LogP contribution >= 0.6 is 0 Å². The van der Waals surface area contributed by atoms with E-state index in [1.54, 1.807) is 0 Å². The molecule has 0 amide bonds. The lowest BCUT2D eigenvalue weighted by Crippen LogP contribution is -1.99. The second-order valence-electron chi connectivity index (χ2n) is 2.80. The van der Waals surface area contributed by atoms with Crippen molar-refractivity contribution in [3.63, 3.8) is 0 Å². The van der Waals surface area contributed by atoms with Gasteiger partial charge < -0.3 is 9.84 Å². The molecular formula is C9H7N3O3. The first-order chi connectivity index (χ1) is 7.20. The summed E-state index contributed by atoms with van der Waals surface area (Å²) in [4.78, 5) is 22.4. The zero-order chi connectivity index (χ0) is 10.8. The predicted octanol–water partition coefficient (Wildman–Crippen LogP) is 0.732. The van der Waals surface area contributed by atoms with Crippen molar-refractivity contribution in [1.29, 1.82) is 0 Å². The van der Waals surface area contributed by atoms with Gasteiger partial charge in [0, 0.05) is 17.8 Å². The Balaban J connectivity index is 2.59. The zero-order valence-electron chi connectivity index (χ0n) is 7.84. The summed E-state index contributed by atoms with van der Waals surface area (Å²) in [5.74, 6) is -1.03. The maximum atomic E-state index is 10.7. The second-order valence-corrected chi connectivity index (χ2v) is 2.80. The molecule has 2 rings (SSSR count). The third-order valence-corrected chi connectivity index (χ3v) is 1.84. The molecule has 1 N–H and O–H groups in total. The molecule has 15 heavy (non-hydrogen) atoms. The van der Waals surface area contributed by atoms with E-state index in [2.05, 4.69) is 15.0 Å². The number of nitrogens with zero attached hydrogens (tertiary/aromatic N) is 3. The summed E-state index contributed by atoms with van der Waals surface area (Å²) in [6, 6.07) is 1.67. The lowest BCUT2D eigenvalue weighted by Gasteiger charge is -2.00. The van der Waals surface area contributed by atoms with Crippen LogP contribution in [0.3, 0.4) is 0 Å². The minimum atomic E-state index is -1.03. The third kappa shape index (κ3) is 1.69. The molecule has 0 saturated heterocycles. The van der Waals surface area contributed by atoms with E-state index in [0.717, 1.165) is 0 Å². The fourth-order valence-electron chi connectivity index (χ4n) is 1.12. The van der Waals surface area contributed by atoms with Crippen molar-refractivity contribution in [3.8, 4) is 6.01 Å². The van der Waals surface area contributed by atoms with E-state index in [4.69, 9.17) is 9.84 Å². The molecule has 0 fully saturated rings. The summed E-state index contributed by atoms with van der Waals surface area (Å²) in [7, 11) is 1.45. The Morgan fingerprint density at radius 1 is 1.40 bits per heavy atom. The van der Waals surface area contributed by atoms with Gasteiger partial charge in [-0.15, -0.1) is 0 Å². The van der Waals surface area contributed by atoms with E-state index in [1.807, 2.05) is 0 Å². The van der Waals surface area contributed by atoms with Crippen molar-refractivity contribution >= 4 is 17.0 Å². The van der Waals surface area contributed by atoms with E-state index in [-0.39, 0.29) is 11.6 Å². The maximum absolute atomic E-state index is 10.7. The Bertz CT molecular complexity index is 527. The highest BCUT2D eigenvalue weighted by Crippen LogP contribution is 2.12. The molecule has 0 bridgehead atoms. The minimum absolute atomic E-state index is 0.108. The average Bonchev–Trinajstić information content (AvgIpc) is 2.27. The molecule has 0 aliphatic rings. The van der Waals surface area contributed by atoms with Crippen molar-refractivity contribution in [2.45, 2.75) is 0 Å². The summed E-state index contributed by atoms with van der Waals surface area (Å²) < 4.78 is 4.82. The smallest absolute Gasteiger partial charge is 0.337 e. The van der Waals surface area contributed by atoms with Crippen LogP contribution < -0.4 is 4.74 Å². The van der Waals surface area contributed by atoms with Crippen LogP contribution in [0.25, 0.3) is 11.0 Å². The van der Waals surface area contributed by atoms with Gasteiger partial charge in [-0.05, 0) is 6.07 Å². The molecule has 2 aromatic heterocycles. The number of fused-ring (bicyclic) bond motifs is 1. The Kier molecular flexibility index (Phi) is 2.17. The second kappa shape index (κ2) is 3.49. The van der Waals surface area contributed by atoms with Gasteiger partial charge in [-0.25, -0.2) is 14.8 Å². The van der Waals surface area contributed by atoms with Gasteiger partial charge in [0.15, 0.2) is 5.65 Å². The first-order valence-corrected chi connectivity index (χ1v) is 4.11. The van der Waals surface area contributed by atoms with E-state index in [9.17, 15) is 4.79 Å². The van der Waals surface area contributed by atoms with Crippen LogP contribution in [-0.4, -0.2) is 33.1 Å². The largest absolute Gasteiger partial charge is 0.478 e. The number of methoxy groups -OCH3 is 1. The number of hydrogen-bond acceptors (Lipinski definition) is 5. The molecule has 76 valence electrons. The molecule has 0 unspecified atom stereocenters. The Morgan fingerprint density at radius 2 is 2.20 bits per heavy atom. The lowest BCUT2D eigenvalue weighted by atomic mass is 10.2. The quantitative estimate of drug-likeness (QED) is 0.777. The van der Waals surface area contributed by atoms with Crippen LogP contribution in [0.5, 0.6) is 6.01 Å². The van der Waals surface area contributed by atoms with E-state index in [1.165, 1.54) is 25.6 Å². The Hall–Kier alpha value is -2.24. The SMILES string of the molecule is COc1ncc2cc(C(=O)O)cnc2n1. The molecule has 0 saturated carbocycles. The topological polar surface area (TPSA) is 85.2 Å². The maximum Gasteiger partial charge on any atom is 0.337 e. The molecule has 6 heteroatoms. The van der Waals surface area contributed by atoms with Crippen LogP contribution in [0.15, 0.2) is 18.5 Å². The highest BCUT2D eigenvalue weighted by atomic mass is 16.5. The van der Waals surface area contributed by atoms with Crippen LogP contribution in [0.2, 0.25) is 0 Å². The number of carbonyl (C=O) groups is 1. The average molecular weight is 205 g/mol. The van der Waals surface area contributed by atoms with Crippen molar-refractivity contribution in [2.24, 2.45) is 0 Å². The number of aromatic carboxylic acids is 1. The van der Waals surface area contributed by atoms with Gasteiger partial charge in [0.2, 0.25) is 0 Å². The normalized spacial score (nSPS) is 10.2. The highest BCUT2D eigenvalue weighted by Gasteiger charge is 2.06. The molecule has 0 atom stereocenters. The van der Waals surface area contributed by atoms with Crippen molar-refractivity contribution in [3.05, 3.63) is 24.0 Å². The van der Waals surface area contributed by atoms with Gasteiger partial charge in [-0.2, -0.15) is 4.98 Å². The van der Waals surface area contributed by atoms with Gasteiger partial charge in [-0.1, -0.05) is 0 Å². The number of hydrogen-bond donors (Lipinski definition) is 1. The van der Waals surface area contributed by atoms with E-state index in [0.29, 0.717) is 11.0 Å². The van der Waals surface area contributed by atoms with Crippen LogP contribution in [-0.2, 0) is 0 Å². The first kappa shape index (κ1) is 9.32. The number of rotatable bonds is 2. The standard InChI is InChI=1S/C9H7N3O3/c1-15-9-11-3-5-2-6(8(13)14)4-10-7(5)12-9/h2-4H,1H3,(H,13,14). The van der Waals surface area contributed by atoms with Gasteiger partial charge in [0.05, 0.1) is 12.7 Å². The number of carboxylic acids is 1. The Labute approximate surface area is 84.6 Å². The van der Waals surface area contributed by atoms with Crippen molar-refractivity contribution < 1.29 is 14.6 Å². The van der Waals surface area contributed by atoms with Crippen LogP contribution in [0.1, 0.15) is 10.4 Å². The molecule has 0 spiro atoms. The number of ether oxygens (including phenoxy) is 1. The van der Waals surface area contributed by atoms with Gasteiger partial charge in [-0.3, -0.25) is 0 Å². The molecule has 2 heterocycles. The van der Waals surface area contributed by atoms with E-state index >= 15 is 0 Å². The molecule has 2 aromatic rings. The van der Waals surface area contributed by atoms with Gasteiger partial charge in [0.25, 0.3) is 0 Å². The van der Waals surface area contributed by atoms with Crippen LogP contribution in [0, 0.1) is 0 Å². The zero-order valence-corrected chi connectivity index (χ0v) is 7.84. The fourth-order valence-corrected chi connectivity index (χ4v) is 1.12. The number of carboxylic acid groups (broad SMARTS) is 1. The van der Waals surface area contributed by atoms with Gasteiger partial charge >= 0.3 is 12.0 Å². The summed E-state index contributed by atoms with van der Waals surface area (Å²) in [5, 5.41) is 9.31. The predicted molar refractivity (Wildman–Crippen MR) is 50.8 cm³/mol. The minimum Gasteiger partial charge on any atom is -0.478 e. The molecule has 6 nitrogen and oxygen atoms in total. The molecule has 0 aliphatic heterocycles. The highest BCUT2D eigenvalue weighted by molar-refractivity contribution is 5.91. The monoisotopic (exact) mass is 205 g/mol. The van der Waals surface area contributed by atoms with E-state index < -0.39 is 5.97 Å². The van der Waals surface area contributed by atoms with Crippen molar-refractivity contribution in [1.82, 2.24) is 15.0 Å². The van der Waals surface area contributed by atoms with Crippen LogP contribution in [0.4, 0.5) is 0 Å². The third-order valence-electron chi connectivity index (χ3n) is 1.84. The molecule has 0 aromatic carbocycles. The van der Waals surface area contributed by atoms with Gasteiger partial charge in [0.1, 0.15) is 0 Å². The molecular weight excluding hydrogens is 198 g/mol. The Morgan fingerprint density at radius 3 is 2.87 bits per heavy atom. The number of pyridine rings is 1. The molecule has 0 aliphatic carbocycles. The summed E-state index contributed by atoms with van der Waals surface area (Å²) >= 11 is 0. The first-order valence-electron chi connectivity index (χ1n) is 4.11.